The number of carbonyl (C=O) groups excluding carboxylic acids is 1. The maximum absolute atomic E-state index is 12.2. The predicted molar refractivity (Wildman–Crippen MR) is 107 cm³/mol. The minimum absolute atomic E-state index is 0.0611. The standard InChI is InChI=1S/C20H21N5OS/c1-2-25-19(17-11-14-7-6-8-15(14)12-21-17)23-24-20(25)27-13-18(26)22-16-9-4-3-5-10-16/h3-5,9-12H,2,6-8,13H2,1H3,(H,22,26). The summed E-state index contributed by atoms with van der Waals surface area (Å²) < 4.78 is 2.02. The lowest BCUT2D eigenvalue weighted by Gasteiger charge is -2.08. The fourth-order valence-electron chi connectivity index (χ4n) is 3.29. The van der Waals surface area contributed by atoms with Gasteiger partial charge < -0.3 is 9.88 Å². The van der Waals surface area contributed by atoms with E-state index in [1.807, 2.05) is 48.0 Å². The minimum Gasteiger partial charge on any atom is -0.325 e. The van der Waals surface area contributed by atoms with Gasteiger partial charge in [0.05, 0.1) is 5.75 Å². The van der Waals surface area contributed by atoms with E-state index in [1.165, 1.54) is 29.3 Å². The number of hydrogen-bond acceptors (Lipinski definition) is 5. The Balaban J connectivity index is 1.47. The fourth-order valence-corrected chi connectivity index (χ4v) is 4.10. The Morgan fingerprint density at radius 3 is 2.81 bits per heavy atom. The number of benzene rings is 1. The van der Waals surface area contributed by atoms with Crippen LogP contribution in [0, 0.1) is 0 Å². The summed E-state index contributed by atoms with van der Waals surface area (Å²) in [5, 5.41) is 12.3. The highest BCUT2D eigenvalue weighted by atomic mass is 32.2. The third-order valence-electron chi connectivity index (χ3n) is 4.63. The van der Waals surface area contributed by atoms with Gasteiger partial charge in [0, 0.05) is 18.4 Å². The van der Waals surface area contributed by atoms with Crippen LogP contribution in [0.3, 0.4) is 0 Å². The van der Waals surface area contributed by atoms with Crippen LogP contribution in [0.4, 0.5) is 5.69 Å². The van der Waals surface area contributed by atoms with Gasteiger partial charge in [0.15, 0.2) is 11.0 Å². The van der Waals surface area contributed by atoms with Gasteiger partial charge in [0.2, 0.25) is 5.91 Å². The second-order valence-electron chi connectivity index (χ2n) is 6.45. The average Bonchev–Trinajstić information content (AvgIpc) is 3.32. The van der Waals surface area contributed by atoms with Crippen molar-refractivity contribution < 1.29 is 4.79 Å². The van der Waals surface area contributed by atoms with Crippen LogP contribution in [0.5, 0.6) is 0 Å². The third-order valence-corrected chi connectivity index (χ3v) is 5.59. The zero-order valence-electron chi connectivity index (χ0n) is 15.2. The second kappa shape index (κ2) is 7.92. The first kappa shape index (κ1) is 17.7. The number of hydrogen-bond donors (Lipinski definition) is 1. The number of carbonyl (C=O) groups is 1. The summed E-state index contributed by atoms with van der Waals surface area (Å²) in [5.74, 6) is 0.984. The zero-order valence-corrected chi connectivity index (χ0v) is 16.0. The molecule has 0 saturated carbocycles. The van der Waals surface area contributed by atoms with E-state index in [0.29, 0.717) is 0 Å². The summed E-state index contributed by atoms with van der Waals surface area (Å²) in [6.45, 7) is 2.78. The van der Waals surface area contributed by atoms with Crippen molar-refractivity contribution in [2.24, 2.45) is 0 Å². The summed E-state index contributed by atoms with van der Waals surface area (Å²) in [6, 6.07) is 11.6. The lowest BCUT2D eigenvalue weighted by Crippen LogP contribution is -2.14. The summed E-state index contributed by atoms with van der Waals surface area (Å²) >= 11 is 1.39. The normalized spacial score (nSPS) is 12.8. The van der Waals surface area contributed by atoms with Gasteiger partial charge in [-0.25, -0.2) is 0 Å². The van der Waals surface area contributed by atoms with Gasteiger partial charge in [0.1, 0.15) is 5.69 Å². The van der Waals surface area contributed by atoms with Gasteiger partial charge in [-0.3, -0.25) is 9.78 Å². The second-order valence-corrected chi connectivity index (χ2v) is 7.39. The van der Waals surface area contributed by atoms with Gasteiger partial charge in [-0.05, 0) is 55.5 Å². The molecule has 0 saturated heterocycles. The summed E-state index contributed by atoms with van der Waals surface area (Å²) in [5.41, 5.74) is 4.35. The van der Waals surface area contributed by atoms with Crippen molar-refractivity contribution in [3.05, 3.63) is 53.7 Å². The SMILES string of the molecule is CCn1c(SCC(=O)Nc2ccccc2)nnc1-c1cc2c(cn1)CCC2. The molecule has 0 spiro atoms. The van der Waals surface area contributed by atoms with Crippen molar-refractivity contribution in [3.8, 4) is 11.5 Å². The van der Waals surface area contributed by atoms with Crippen molar-refractivity contribution in [1.29, 1.82) is 0 Å². The molecule has 6 nitrogen and oxygen atoms in total. The highest BCUT2D eigenvalue weighted by Gasteiger charge is 2.18. The van der Waals surface area contributed by atoms with Crippen LogP contribution in [0.1, 0.15) is 24.5 Å². The molecule has 0 radical (unpaired) electrons. The van der Waals surface area contributed by atoms with E-state index in [0.717, 1.165) is 41.7 Å². The van der Waals surface area contributed by atoms with Gasteiger partial charge in [-0.15, -0.1) is 10.2 Å². The molecule has 1 aliphatic rings. The predicted octanol–water partition coefficient (Wildman–Crippen LogP) is 3.58. The van der Waals surface area contributed by atoms with E-state index >= 15 is 0 Å². The van der Waals surface area contributed by atoms with Crippen molar-refractivity contribution in [3.63, 3.8) is 0 Å². The number of aromatic nitrogens is 4. The maximum atomic E-state index is 12.2. The maximum Gasteiger partial charge on any atom is 0.234 e. The Hall–Kier alpha value is -2.67. The molecule has 0 aliphatic heterocycles. The minimum atomic E-state index is -0.0611. The van der Waals surface area contributed by atoms with Gasteiger partial charge in [0.25, 0.3) is 0 Å². The summed E-state index contributed by atoms with van der Waals surface area (Å²) in [6.07, 6.45) is 5.37. The monoisotopic (exact) mass is 379 g/mol. The molecule has 1 aliphatic carbocycles. The topological polar surface area (TPSA) is 72.7 Å². The molecule has 138 valence electrons. The average molecular weight is 379 g/mol. The quantitative estimate of drug-likeness (QED) is 0.663. The number of nitrogens with one attached hydrogen (secondary N) is 1. The molecule has 1 amide bonds. The van der Waals surface area contributed by atoms with E-state index in [4.69, 9.17) is 0 Å². The van der Waals surface area contributed by atoms with Crippen LogP contribution in [-0.2, 0) is 24.2 Å². The molecule has 2 aromatic heterocycles. The molecule has 3 aromatic rings. The van der Waals surface area contributed by atoms with Crippen LogP contribution in [-0.4, -0.2) is 31.4 Å². The molecule has 1 aromatic carbocycles. The molecular weight excluding hydrogens is 358 g/mol. The van der Waals surface area contributed by atoms with E-state index in [2.05, 4.69) is 26.6 Å². The van der Waals surface area contributed by atoms with Crippen LogP contribution >= 0.6 is 11.8 Å². The van der Waals surface area contributed by atoms with Crippen molar-refractivity contribution in [2.45, 2.75) is 37.9 Å². The zero-order chi connectivity index (χ0) is 18.6. The molecule has 27 heavy (non-hydrogen) atoms. The number of anilines is 1. The molecule has 0 bridgehead atoms. The molecule has 2 heterocycles. The number of thioether (sulfide) groups is 1. The van der Waals surface area contributed by atoms with Crippen LogP contribution in [0.25, 0.3) is 11.5 Å². The number of nitrogens with zero attached hydrogens (tertiary/aromatic N) is 4. The van der Waals surface area contributed by atoms with E-state index in [1.54, 1.807) is 0 Å². The molecule has 4 rings (SSSR count). The smallest absolute Gasteiger partial charge is 0.234 e. The third kappa shape index (κ3) is 3.88. The van der Waals surface area contributed by atoms with Crippen molar-refractivity contribution in [1.82, 2.24) is 19.7 Å². The molecule has 7 heteroatoms. The summed E-state index contributed by atoms with van der Waals surface area (Å²) in [4.78, 5) is 16.8. The lowest BCUT2D eigenvalue weighted by atomic mass is 10.1. The first-order valence-electron chi connectivity index (χ1n) is 9.13. The molecule has 1 N–H and O–H groups in total. The summed E-state index contributed by atoms with van der Waals surface area (Å²) in [7, 11) is 0. The van der Waals surface area contributed by atoms with Crippen molar-refractivity contribution in [2.75, 3.05) is 11.1 Å². The Labute approximate surface area is 162 Å². The molecule has 0 fully saturated rings. The van der Waals surface area contributed by atoms with Gasteiger partial charge >= 0.3 is 0 Å². The highest BCUT2D eigenvalue weighted by molar-refractivity contribution is 7.99. The fraction of sp³-hybridized carbons (Fsp3) is 0.300. The first-order chi connectivity index (χ1) is 13.2. The molecule has 0 atom stereocenters. The Morgan fingerprint density at radius 1 is 1.19 bits per heavy atom. The molecular formula is C20H21N5OS. The number of amides is 1. The van der Waals surface area contributed by atoms with Gasteiger partial charge in [-0.1, -0.05) is 30.0 Å². The van der Waals surface area contributed by atoms with E-state index < -0.39 is 0 Å². The number of pyridine rings is 1. The number of para-hydroxylation sites is 1. The molecule has 0 unspecified atom stereocenters. The lowest BCUT2D eigenvalue weighted by molar-refractivity contribution is -0.113. The Bertz CT molecular complexity index is 954. The Kier molecular flexibility index (Phi) is 5.20. The Morgan fingerprint density at radius 2 is 2.00 bits per heavy atom. The number of rotatable bonds is 6. The first-order valence-corrected chi connectivity index (χ1v) is 10.1. The number of aryl methyl sites for hydroxylation is 2. The highest BCUT2D eigenvalue weighted by Crippen LogP contribution is 2.27. The van der Waals surface area contributed by atoms with E-state index in [-0.39, 0.29) is 11.7 Å². The van der Waals surface area contributed by atoms with Gasteiger partial charge in [-0.2, -0.15) is 0 Å². The number of fused-ring (bicyclic) bond motifs is 1. The van der Waals surface area contributed by atoms with E-state index in [9.17, 15) is 4.79 Å². The van der Waals surface area contributed by atoms with Crippen molar-refractivity contribution >= 4 is 23.4 Å². The largest absolute Gasteiger partial charge is 0.325 e. The van der Waals surface area contributed by atoms with Crippen LogP contribution < -0.4 is 5.32 Å². The van der Waals surface area contributed by atoms with Crippen LogP contribution in [0.2, 0.25) is 0 Å². The van der Waals surface area contributed by atoms with Crippen LogP contribution in [0.15, 0.2) is 47.8 Å².